The van der Waals surface area contributed by atoms with Crippen molar-refractivity contribution in [3.8, 4) is 0 Å². The van der Waals surface area contributed by atoms with E-state index in [4.69, 9.17) is 11.6 Å². The van der Waals surface area contributed by atoms with Crippen LogP contribution >= 0.6 is 11.6 Å². The molecule has 1 N–H and O–H groups in total. The maximum absolute atomic E-state index is 13.8. The average Bonchev–Trinajstić information content (AvgIpc) is 3.02. The highest BCUT2D eigenvalue weighted by atomic mass is 35.5. The molecule has 1 amide bonds. The Kier molecular flexibility index (Phi) is 4.94. The lowest BCUT2D eigenvalue weighted by Crippen LogP contribution is -2.25. The molecular weight excluding hydrogens is 347 g/mol. The zero-order valence-electron chi connectivity index (χ0n) is 13.5. The normalized spacial score (nSPS) is 15.3. The Morgan fingerprint density at radius 1 is 1.44 bits per heavy atom. The van der Waals surface area contributed by atoms with Crippen LogP contribution in [0.3, 0.4) is 0 Å². The Morgan fingerprint density at radius 3 is 2.88 bits per heavy atom. The topological polar surface area (TPSA) is 75.2 Å². The lowest BCUT2D eigenvalue weighted by molar-refractivity contribution is -0.117. The van der Waals surface area contributed by atoms with Crippen molar-refractivity contribution in [2.75, 3.05) is 16.8 Å². The molecule has 8 heteroatoms. The second-order valence-electron chi connectivity index (χ2n) is 5.78. The molecule has 1 saturated heterocycles. The van der Waals surface area contributed by atoms with Crippen LogP contribution in [-0.2, 0) is 4.79 Å². The van der Waals surface area contributed by atoms with Gasteiger partial charge in [0, 0.05) is 13.0 Å². The molecular formula is C17H16ClFN4O2. The minimum atomic E-state index is -0.582. The first kappa shape index (κ1) is 17.3. The zero-order valence-corrected chi connectivity index (χ0v) is 14.3. The Morgan fingerprint density at radius 2 is 2.24 bits per heavy atom. The van der Waals surface area contributed by atoms with Crippen molar-refractivity contribution in [2.24, 2.45) is 0 Å². The van der Waals surface area contributed by atoms with Crippen molar-refractivity contribution < 1.29 is 14.0 Å². The fourth-order valence-electron chi connectivity index (χ4n) is 2.67. The minimum Gasteiger partial charge on any atom is -0.348 e. The fraction of sp³-hybridized carbons (Fsp3) is 0.294. The van der Waals surface area contributed by atoms with Crippen LogP contribution in [0.5, 0.6) is 0 Å². The van der Waals surface area contributed by atoms with E-state index < -0.39 is 5.82 Å². The third-order valence-electron chi connectivity index (χ3n) is 4.05. The Bertz CT molecular complexity index is 830. The maximum atomic E-state index is 13.8. The molecule has 1 aliphatic rings. The van der Waals surface area contributed by atoms with Gasteiger partial charge in [-0.1, -0.05) is 17.7 Å². The van der Waals surface area contributed by atoms with Crippen LogP contribution in [0, 0.1) is 5.82 Å². The van der Waals surface area contributed by atoms with E-state index in [1.165, 1.54) is 18.3 Å². The van der Waals surface area contributed by atoms with E-state index in [-0.39, 0.29) is 23.5 Å². The maximum Gasteiger partial charge on any atom is 0.228 e. The molecule has 1 aromatic heterocycles. The molecule has 0 saturated carbocycles. The van der Waals surface area contributed by atoms with Gasteiger partial charge in [0.1, 0.15) is 10.8 Å². The third kappa shape index (κ3) is 3.61. The summed E-state index contributed by atoms with van der Waals surface area (Å²) in [5.74, 6) is 0.0514. The standard InChI is InChI=1S/C17H16ClFN4O2/c1-10(11-4-5-12(9-24)14(19)7-11)21-17-20-8-13(18)16(22-17)23-6-2-3-15(23)25/h4-5,7-10H,2-3,6H2,1H3,(H,20,21,22)/t10-/m0/s1. The highest BCUT2D eigenvalue weighted by molar-refractivity contribution is 6.33. The summed E-state index contributed by atoms with van der Waals surface area (Å²) in [6.45, 7) is 2.39. The summed E-state index contributed by atoms with van der Waals surface area (Å²) in [7, 11) is 0. The van der Waals surface area contributed by atoms with Gasteiger partial charge in [0.2, 0.25) is 11.9 Å². The van der Waals surface area contributed by atoms with Crippen molar-refractivity contribution in [2.45, 2.75) is 25.8 Å². The quantitative estimate of drug-likeness (QED) is 0.825. The molecule has 0 radical (unpaired) electrons. The first-order valence-corrected chi connectivity index (χ1v) is 8.21. The van der Waals surface area contributed by atoms with Crippen LogP contribution in [0.4, 0.5) is 16.2 Å². The Balaban J connectivity index is 1.81. The summed E-state index contributed by atoms with van der Waals surface area (Å²) in [6.07, 6.45) is 3.14. The molecule has 0 spiro atoms. The van der Waals surface area contributed by atoms with Gasteiger partial charge in [-0.15, -0.1) is 0 Å². The van der Waals surface area contributed by atoms with Crippen LogP contribution < -0.4 is 10.2 Å². The molecule has 1 aliphatic heterocycles. The molecule has 25 heavy (non-hydrogen) atoms. The van der Waals surface area contributed by atoms with Crippen molar-refractivity contribution in [3.05, 3.63) is 46.4 Å². The molecule has 0 bridgehead atoms. The van der Waals surface area contributed by atoms with Gasteiger partial charge in [0.25, 0.3) is 0 Å². The van der Waals surface area contributed by atoms with E-state index in [2.05, 4.69) is 15.3 Å². The number of aromatic nitrogens is 2. The summed E-state index contributed by atoms with van der Waals surface area (Å²) in [6, 6.07) is 4.07. The van der Waals surface area contributed by atoms with Crippen LogP contribution in [0.1, 0.15) is 41.7 Å². The van der Waals surface area contributed by atoms with Gasteiger partial charge in [0.05, 0.1) is 17.8 Å². The lowest BCUT2D eigenvalue weighted by Gasteiger charge is -2.19. The number of aldehydes is 1. The predicted molar refractivity (Wildman–Crippen MR) is 92.5 cm³/mol. The number of halogens is 2. The largest absolute Gasteiger partial charge is 0.348 e. The van der Waals surface area contributed by atoms with Crippen LogP contribution in [-0.4, -0.2) is 28.7 Å². The Hall–Kier alpha value is -2.54. The molecule has 0 aliphatic carbocycles. The third-order valence-corrected chi connectivity index (χ3v) is 4.32. The van der Waals surface area contributed by atoms with Gasteiger partial charge >= 0.3 is 0 Å². The number of rotatable bonds is 5. The summed E-state index contributed by atoms with van der Waals surface area (Å²) in [5.41, 5.74) is 0.647. The van der Waals surface area contributed by atoms with E-state index in [9.17, 15) is 14.0 Å². The number of carbonyl (C=O) groups excluding carboxylic acids is 2. The van der Waals surface area contributed by atoms with Crippen LogP contribution in [0.15, 0.2) is 24.4 Å². The van der Waals surface area contributed by atoms with Gasteiger partial charge in [-0.05, 0) is 31.0 Å². The highest BCUT2D eigenvalue weighted by Crippen LogP contribution is 2.28. The molecule has 2 aromatic rings. The van der Waals surface area contributed by atoms with E-state index in [1.807, 2.05) is 6.92 Å². The van der Waals surface area contributed by atoms with Crippen molar-refractivity contribution in [1.82, 2.24) is 9.97 Å². The van der Waals surface area contributed by atoms with Gasteiger partial charge in [0.15, 0.2) is 12.1 Å². The first-order chi connectivity index (χ1) is 12.0. The fourth-order valence-corrected chi connectivity index (χ4v) is 2.87. The number of hydrogen-bond acceptors (Lipinski definition) is 5. The summed E-state index contributed by atoms with van der Waals surface area (Å²) < 4.78 is 13.8. The van der Waals surface area contributed by atoms with Gasteiger partial charge in [-0.2, -0.15) is 4.98 Å². The molecule has 130 valence electrons. The first-order valence-electron chi connectivity index (χ1n) is 7.83. The van der Waals surface area contributed by atoms with E-state index in [0.717, 1.165) is 6.42 Å². The second-order valence-corrected chi connectivity index (χ2v) is 6.19. The van der Waals surface area contributed by atoms with Gasteiger partial charge in [-0.3, -0.25) is 14.5 Å². The minimum absolute atomic E-state index is 0.00789. The van der Waals surface area contributed by atoms with Crippen molar-refractivity contribution in [3.63, 3.8) is 0 Å². The van der Waals surface area contributed by atoms with Gasteiger partial charge in [-0.25, -0.2) is 9.37 Å². The number of anilines is 2. The summed E-state index contributed by atoms with van der Waals surface area (Å²) in [5, 5.41) is 3.36. The number of carbonyl (C=O) groups is 2. The second kappa shape index (κ2) is 7.14. The monoisotopic (exact) mass is 362 g/mol. The summed E-state index contributed by atoms with van der Waals surface area (Å²) in [4.78, 5) is 32.6. The molecule has 0 unspecified atom stereocenters. The van der Waals surface area contributed by atoms with E-state index >= 15 is 0 Å². The SMILES string of the molecule is C[C@H](Nc1ncc(Cl)c(N2CCCC2=O)n1)c1ccc(C=O)c(F)c1. The van der Waals surface area contributed by atoms with Crippen molar-refractivity contribution >= 4 is 35.6 Å². The number of nitrogens with one attached hydrogen (secondary N) is 1. The average molecular weight is 363 g/mol. The molecule has 6 nitrogen and oxygen atoms in total. The summed E-state index contributed by atoms with van der Waals surface area (Å²) >= 11 is 6.12. The highest BCUT2D eigenvalue weighted by Gasteiger charge is 2.25. The lowest BCUT2D eigenvalue weighted by atomic mass is 10.1. The smallest absolute Gasteiger partial charge is 0.228 e. The molecule has 1 atom stereocenters. The Labute approximate surface area is 149 Å². The van der Waals surface area contributed by atoms with Gasteiger partial charge < -0.3 is 5.32 Å². The number of amides is 1. The van der Waals surface area contributed by atoms with E-state index in [0.29, 0.717) is 35.7 Å². The van der Waals surface area contributed by atoms with Crippen molar-refractivity contribution in [1.29, 1.82) is 0 Å². The van der Waals surface area contributed by atoms with Crippen LogP contribution in [0.25, 0.3) is 0 Å². The number of nitrogens with zero attached hydrogens (tertiary/aromatic N) is 3. The van der Waals surface area contributed by atoms with Crippen LogP contribution in [0.2, 0.25) is 5.02 Å². The zero-order chi connectivity index (χ0) is 18.0. The number of benzene rings is 1. The molecule has 2 heterocycles. The molecule has 1 fully saturated rings. The number of hydrogen-bond donors (Lipinski definition) is 1. The molecule has 1 aromatic carbocycles. The molecule has 3 rings (SSSR count). The van der Waals surface area contributed by atoms with E-state index in [1.54, 1.807) is 11.0 Å². The predicted octanol–water partition coefficient (Wildman–Crippen LogP) is 3.38.